The molecule has 350 valence electrons. The van der Waals surface area contributed by atoms with Crippen LogP contribution in [0.4, 0.5) is 17.1 Å². The van der Waals surface area contributed by atoms with E-state index >= 15 is 0 Å². The summed E-state index contributed by atoms with van der Waals surface area (Å²) in [7, 11) is 0. The molecule has 1 aromatic heterocycles. The minimum atomic E-state index is -0.433. The second kappa shape index (κ2) is 17.2. The van der Waals surface area contributed by atoms with E-state index in [-0.39, 0.29) is 0 Å². The van der Waals surface area contributed by atoms with Crippen LogP contribution in [0.2, 0.25) is 0 Å². The van der Waals surface area contributed by atoms with Crippen LogP contribution in [0, 0.1) is 0 Å². The summed E-state index contributed by atoms with van der Waals surface area (Å²) in [5.74, 6) is 0. The van der Waals surface area contributed by atoms with Gasteiger partial charge in [-0.1, -0.05) is 224 Å². The monoisotopic (exact) mass is 952 g/mol. The molecule has 15 rings (SSSR count). The SMILES string of the molecule is c1ccc(-c2ccc(N(c3ccc(-c4ccc(-c5ccc(-c6ccc7c(c6)c6ccccc6n7-c6ccccc6)cc5)cc4)cc3)c3ccc4c(c3)C3(c5ccccc5-c5ccccc53)c3ccccc3-4)cc2)cc1. The van der Waals surface area contributed by atoms with Gasteiger partial charge >= 0.3 is 0 Å². The summed E-state index contributed by atoms with van der Waals surface area (Å²) in [4.78, 5) is 2.43. The molecule has 0 saturated carbocycles. The van der Waals surface area contributed by atoms with Crippen molar-refractivity contribution in [3.63, 3.8) is 0 Å². The molecule has 0 amide bonds. The molecule has 1 heterocycles. The Labute approximate surface area is 437 Å². The number of hydrogen-bond donors (Lipinski definition) is 0. The van der Waals surface area contributed by atoms with Gasteiger partial charge in [-0.25, -0.2) is 0 Å². The Morgan fingerprint density at radius 2 is 0.613 bits per heavy atom. The Bertz CT molecular complexity index is 4240. The number of anilines is 3. The topological polar surface area (TPSA) is 8.17 Å². The predicted molar refractivity (Wildman–Crippen MR) is 314 cm³/mol. The Kier molecular flexibility index (Phi) is 9.83. The zero-order valence-electron chi connectivity index (χ0n) is 41.1. The largest absolute Gasteiger partial charge is 0.310 e. The number of benzene rings is 12. The lowest BCUT2D eigenvalue weighted by Crippen LogP contribution is -2.26. The fraction of sp³-hybridized carbons (Fsp3) is 0.0137. The minimum absolute atomic E-state index is 0.433. The van der Waals surface area contributed by atoms with Gasteiger partial charge in [0.1, 0.15) is 0 Å². The molecule has 0 aliphatic heterocycles. The summed E-state index contributed by atoms with van der Waals surface area (Å²) >= 11 is 0. The molecule has 2 heteroatoms. The first-order valence-corrected chi connectivity index (χ1v) is 26.0. The second-order valence-electron chi connectivity index (χ2n) is 20.0. The molecule has 0 bridgehead atoms. The Hall–Kier alpha value is -9.76. The van der Waals surface area contributed by atoms with Crippen molar-refractivity contribution in [2.75, 3.05) is 4.90 Å². The maximum atomic E-state index is 2.48. The van der Waals surface area contributed by atoms with Gasteiger partial charge < -0.3 is 9.47 Å². The van der Waals surface area contributed by atoms with Crippen LogP contribution in [-0.4, -0.2) is 4.57 Å². The van der Waals surface area contributed by atoms with E-state index in [4.69, 9.17) is 0 Å². The molecule has 2 aliphatic rings. The zero-order valence-corrected chi connectivity index (χ0v) is 41.1. The quantitative estimate of drug-likeness (QED) is 0.147. The molecule has 12 aromatic carbocycles. The Morgan fingerprint density at radius 1 is 0.240 bits per heavy atom. The summed E-state index contributed by atoms with van der Waals surface area (Å²) in [6.45, 7) is 0. The predicted octanol–water partition coefficient (Wildman–Crippen LogP) is 19.3. The molecule has 2 nitrogen and oxygen atoms in total. The van der Waals surface area contributed by atoms with E-state index in [0.717, 1.165) is 17.1 Å². The third-order valence-electron chi connectivity index (χ3n) is 16.1. The van der Waals surface area contributed by atoms with Crippen molar-refractivity contribution in [1.29, 1.82) is 0 Å². The first-order valence-electron chi connectivity index (χ1n) is 26.0. The smallest absolute Gasteiger partial charge is 0.0726 e. The van der Waals surface area contributed by atoms with E-state index in [1.807, 2.05) is 0 Å². The third-order valence-corrected chi connectivity index (χ3v) is 16.1. The van der Waals surface area contributed by atoms with Gasteiger partial charge in [-0.2, -0.15) is 0 Å². The number of hydrogen-bond acceptors (Lipinski definition) is 1. The maximum Gasteiger partial charge on any atom is 0.0726 e. The lowest BCUT2D eigenvalue weighted by molar-refractivity contribution is 0.793. The second-order valence-corrected chi connectivity index (χ2v) is 20.0. The van der Waals surface area contributed by atoms with Crippen molar-refractivity contribution in [2.45, 2.75) is 5.41 Å². The van der Waals surface area contributed by atoms with Crippen molar-refractivity contribution in [2.24, 2.45) is 0 Å². The Balaban J connectivity index is 0.763. The summed E-state index contributed by atoms with van der Waals surface area (Å²) in [5.41, 5.74) is 26.6. The average Bonchev–Trinajstić information content (AvgIpc) is 4.27. The molecule has 2 aliphatic carbocycles. The lowest BCUT2D eigenvalue weighted by Gasteiger charge is -2.32. The average molecular weight is 953 g/mol. The maximum absolute atomic E-state index is 2.48. The van der Waals surface area contributed by atoms with Crippen molar-refractivity contribution < 1.29 is 0 Å². The van der Waals surface area contributed by atoms with Crippen molar-refractivity contribution >= 4 is 38.9 Å². The van der Waals surface area contributed by atoms with Gasteiger partial charge in [0.15, 0.2) is 0 Å². The van der Waals surface area contributed by atoms with E-state index in [1.165, 1.54) is 117 Å². The first kappa shape index (κ1) is 42.9. The highest BCUT2D eigenvalue weighted by Crippen LogP contribution is 2.63. The van der Waals surface area contributed by atoms with Gasteiger partial charge in [-0.15, -0.1) is 0 Å². The fourth-order valence-corrected chi connectivity index (χ4v) is 12.6. The molecule has 0 atom stereocenters. The zero-order chi connectivity index (χ0) is 49.5. The van der Waals surface area contributed by atoms with Gasteiger partial charge in [0.2, 0.25) is 0 Å². The molecule has 0 fully saturated rings. The summed E-state index contributed by atoms with van der Waals surface area (Å²) in [6, 6.07) is 107. The van der Waals surface area contributed by atoms with Crippen LogP contribution in [-0.2, 0) is 5.41 Å². The van der Waals surface area contributed by atoms with Crippen LogP contribution in [0.15, 0.2) is 291 Å². The summed E-state index contributed by atoms with van der Waals surface area (Å²) < 4.78 is 2.37. The van der Waals surface area contributed by atoms with E-state index in [9.17, 15) is 0 Å². The molecule has 0 radical (unpaired) electrons. The molecular weight excluding hydrogens is 905 g/mol. The van der Waals surface area contributed by atoms with E-state index in [1.54, 1.807) is 0 Å². The van der Waals surface area contributed by atoms with Gasteiger partial charge in [0, 0.05) is 33.5 Å². The molecular formula is C73H48N2. The van der Waals surface area contributed by atoms with Crippen LogP contribution in [0.5, 0.6) is 0 Å². The first-order chi connectivity index (χ1) is 37.2. The number of rotatable bonds is 8. The molecule has 0 saturated heterocycles. The van der Waals surface area contributed by atoms with Crippen LogP contribution >= 0.6 is 0 Å². The molecule has 0 unspecified atom stereocenters. The van der Waals surface area contributed by atoms with Gasteiger partial charge in [-0.3, -0.25) is 0 Å². The van der Waals surface area contributed by atoms with Crippen LogP contribution in [0.3, 0.4) is 0 Å². The van der Waals surface area contributed by atoms with Crippen molar-refractivity contribution in [1.82, 2.24) is 4.57 Å². The summed E-state index contributed by atoms with van der Waals surface area (Å²) in [6.07, 6.45) is 0. The van der Waals surface area contributed by atoms with Crippen molar-refractivity contribution in [3.05, 3.63) is 313 Å². The minimum Gasteiger partial charge on any atom is -0.310 e. The van der Waals surface area contributed by atoms with Gasteiger partial charge in [0.25, 0.3) is 0 Å². The van der Waals surface area contributed by atoms with E-state index < -0.39 is 5.41 Å². The number of para-hydroxylation sites is 2. The number of nitrogens with zero attached hydrogens (tertiary/aromatic N) is 2. The standard InChI is InChI=1S/C73H48N2/c1-3-15-49(16-4-1)53-35-40-58(41-36-53)74(60-44-45-64-63-21-9-13-25-69(63)73(70(64)48-60)67-23-11-7-19-61(67)62-20-8-12-24-68(62)73)59-42-37-54(38-43-59)52-29-27-50(28-30-52)51-31-33-55(34-32-51)56-39-46-72-66(47-56)65-22-10-14-26-71(65)75(72)57-17-5-2-6-18-57/h1-48H. The normalized spacial score (nSPS) is 12.6. The molecule has 1 spiro atoms. The van der Waals surface area contributed by atoms with Gasteiger partial charge in [-0.05, 0) is 156 Å². The van der Waals surface area contributed by atoms with E-state index in [2.05, 4.69) is 301 Å². The lowest BCUT2D eigenvalue weighted by atomic mass is 9.70. The highest BCUT2D eigenvalue weighted by Gasteiger charge is 2.51. The van der Waals surface area contributed by atoms with Crippen LogP contribution < -0.4 is 4.90 Å². The molecule has 0 N–H and O–H groups in total. The highest BCUT2D eigenvalue weighted by atomic mass is 15.1. The highest BCUT2D eigenvalue weighted by molar-refractivity contribution is 6.10. The molecule has 13 aromatic rings. The Morgan fingerprint density at radius 3 is 1.15 bits per heavy atom. The van der Waals surface area contributed by atoms with Crippen LogP contribution in [0.1, 0.15) is 22.3 Å². The van der Waals surface area contributed by atoms with Crippen LogP contribution in [0.25, 0.3) is 94.3 Å². The van der Waals surface area contributed by atoms with Crippen molar-refractivity contribution in [3.8, 4) is 72.4 Å². The number of aromatic nitrogens is 1. The van der Waals surface area contributed by atoms with Gasteiger partial charge in [0.05, 0.1) is 16.4 Å². The third kappa shape index (κ3) is 6.73. The number of fused-ring (bicyclic) bond motifs is 13. The van der Waals surface area contributed by atoms with E-state index in [0.29, 0.717) is 0 Å². The summed E-state index contributed by atoms with van der Waals surface area (Å²) in [5, 5.41) is 2.52. The molecule has 75 heavy (non-hydrogen) atoms. The fourth-order valence-electron chi connectivity index (χ4n) is 12.6.